The van der Waals surface area contributed by atoms with Crippen molar-refractivity contribution in [1.82, 2.24) is 9.88 Å². The van der Waals surface area contributed by atoms with Crippen molar-refractivity contribution in [2.45, 2.75) is 6.54 Å². The average molecular weight is 340 g/mol. The van der Waals surface area contributed by atoms with E-state index in [0.29, 0.717) is 11.1 Å². The van der Waals surface area contributed by atoms with E-state index in [-0.39, 0.29) is 5.91 Å². The standard InChI is InChI=1S/C19H21N3O3/c1-25-19(24)17-4-2-16(3-5-17)18(23)22-12-10-21(11-13-22)14-15-6-8-20-9-7-15/h2-9H,10-14H2,1H3/p+1. The molecule has 0 radical (unpaired) electrons. The molecule has 1 aliphatic rings. The summed E-state index contributed by atoms with van der Waals surface area (Å²) in [5.74, 6) is -0.383. The van der Waals surface area contributed by atoms with Gasteiger partial charge in [0.15, 0.2) is 0 Å². The Hall–Kier alpha value is -2.73. The van der Waals surface area contributed by atoms with Gasteiger partial charge < -0.3 is 14.5 Å². The predicted octanol–water partition coefficient (Wildman–Crippen LogP) is 0.409. The number of nitrogens with one attached hydrogen (secondary N) is 1. The summed E-state index contributed by atoms with van der Waals surface area (Å²) in [5.41, 5.74) is 2.32. The maximum atomic E-state index is 12.6. The molecule has 1 fully saturated rings. The molecule has 6 nitrogen and oxygen atoms in total. The molecule has 0 atom stereocenters. The van der Waals surface area contributed by atoms with Crippen LogP contribution in [0.1, 0.15) is 26.3 Å². The molecule has 1 aromatic heterocycles. The highest BCUT2D eigenvalue weighted by molar-refractivity contribution is 5.96. The highest BCUT2D eigenvalue weighted by Crippen LogP contribution is 2.09. The summed E-state index contributed by atoms with van der Waals surface area (Å²) in [6.07, 6.45) is 3.62. The van der Waals surface area contributed by atoms with E-state index < -0.39 is 5.97 Å². The molecule has 1 aliphatic heterocycles. The zero-order chi connectivity index (χ0) is 17.6. The van der Waals surface area contributed by atoms with E-state index in [1.165, 1.54) is 17.6 Å². The number of carbonyl (C=O) groups excluding carboxylic acids is 2. The van der Waals surface area contributed by atoms with Crippen LogP contribution in [0.4, 0.5) is 0 Å². The SMILES string of the molecule is COC(=O)c1ccc(C(=O)N2CC[NH+](Cc3ccncc3)CC2)cc1. The zero-order valence-corrected chi connectivity index (χ0v) is 14.3. The van der Waals surface area contributed by atoms with Gasteiger partial charge in [0.1, 0.15) is 6.54 Å². The van der Waals surface area contributed by atoms with Crippen molar-refractivity contribution in [1.29, 1.82) is 0 Å². The number of aromatic nitrogens is 1. The van der Waals surface area contributed by atoms with Crippen LogP contribution in [0.5, 0.6) is 0 Å². The molecule has 2 heterocycles. The number of benzene rings is 1. The number of esters is 1. The van der Waals surface area contributed by atoms with Crippen LogP contribution in [0.25, 0.3) is 0 Å². The van der Waals surface area contributed by atoms with Crippen molar-refractivity contribution < 1.29 is 19.2 Å². The first kappa shape index (κ1) is 17.1. The second-order valence-electron chi connectivity index (χ2n) is 6.14. The number of hydrogen-bond acceptors (Lipinski definition) is 4. The minimum Gasteiger partial charge on any atom is -0.465 e. The first-order valence-corrected chi connectivity index (χ1v) is 8.37. The van der Waals surface area contributed by atoms with Gasteiger partial charge in [-0.2, -0.15) is 0 Å². The molecule has 25 heavy (non-hydrogen) atoms. The van der Waals surface area contributed by atoms with E-state index in [1.807, 2.05) is 29.4 Å². The van der Waals surface area contributed by atoms with E-state index in [4.69, 9.17) is 0 Å². The fourth-order valence-corrected chi connectivity index (χ4v) is 3.04. The molecular weight excluding hydrogens is 318 g/mol. The van der Waals surface area contributed by atoms with Crippen molar-refractivity contribution in [2.75, 3.05) is 33.3 Å². The van der Waals surface area contributed by atoms with Crippen LogP contribution in [0.15, 0.2) is 48.8 Å². The second kappa shape index (κ2) is 7.90. The molecule has 3 rings (SSSR count). The number of quaternary nitrogens is 1. The monoisotopic (exact) mass is 340 g/mol. The first-order valence-electron chi connectivity index (χ1n) is 8.37. The Morgan fingerprint density at radius 1 is 1.04 bits per heavy atom. The third kappa shape index (κ3) is 4.22. The fourth-order valence-electron chi connectivity index (χ4n) is 3.04. The number of piperazine rings is 1. The summed E-state index contributed by atoms with van der Waals surface area (Å²) in [5, 5.41) is 0. The van der Waals surface area contributed by atoms with E-state index in [2.05, 4.69) is 9.72 Å². The molecule has 0 bridgehead atoms. The van der Waals surface area contributed by atoms with Gasteiger partial charge in [-0.3, -0.25) is 9.78 Å². The topological polar surface area (TPSA) is 63.9 Å². The molecular formula is C19H22N3O3+. The molecule has 130 valence electrons. The van der Waals surface area contributed by atoms with Crippen molar-refractivity contribution >= 4 is 11.9 Å². The van der Waals surface area contributed by atoms with Crippen LogP contribution < -0.4 is 4.90 Å². The summed E-state index contributed by atoms with van der Waals surface area (Å²) in [6, 6.07) is 10.7. The predicted molar refractivity (Wildman–Crippen MR) is 92.3 cm³/mol. The van der Waals surface area contributed by atoms with Crippen LogP contribution in [-0.4, -0.2) is 55.0 Å². The molecule has 6 heteroatoms. The van der Waals surface area contributed by atoms with E-state index in [1.54, 1.807) is 24.3 Å². The van der Waals surface area contributed by atoms with Crippen molar-refractivity contribution in [3.63, 3.8) is 0 Å². The number of pyridine rings is 1. The number of carbonyl (C=O) groups is 2. The summed E-state index contributed by atoms with van der Waals surface area (Å²) < 4.78 is 4.67. The lowest BCUT2D eigenvalue weighted by molar-refractivity contribution is -0.917. The van der Waals surface area contributed by atoms with E-state index >= 15 is 0 Å². The molecule has 2 aromatic rings. The summed E-state index contributed by atoms with van der Waals surface area (Å²) in [7, 11) is 1.34. The number of rotatable bonds is 4. The molecule has 1 amide bonds. The highest BCUT2D eigenvalue weighted by atomic mass is 16.5. The van der Waals surface area contributed by atoms with Gasteiger partial charge in [0.25, 0.3) is 5.91 Å². The summed E-state index contributed by atoms with van der Waals surface area (Å²) in [4.78, 5) is 31.5. The number of nitrogens with zero attached hydrogens (tertiary/aromatic N) is 2. The Morgan fingerprint density at radius 3 is 2.24 bits per heavy atom. The van der Waals surface area contributed by atoms with Crippen LogP contribution in [0.2, 0.25) is 0 Å². The summed E-state index contributed by atoms with van der Waals surface area (Å²) in [6.45, 7) is 4.27. The van der Waals surface area contributed by atoms with Crippen molar-refractivity contribution in [2.24, 2.45) is 0 Å². The van der Waals surface area contributed by atoms with Crippen LogP contribution in [0.3, 0.4) is 0 Å². The molecule has 0 aliphatic carbocycles. The third-order valence-electron chi connectivity index (χ3n) is 4.51. The maximum Gasteiger partial charge on any atom is 0.337 e. The first-order chi connectivity index (χ1) is 12.2. The quantitative estimate of drug-likeness (QED) is 0.819. The van der Waals surface area contributed by atoms with Crippen LogP contribution in [0, 0.1) is 0 Å². The van der Waals surface area contributed by atoms with Crippen molar-refractivity contribution in [3.05, 3.63) is 65.5 Å². The zero-order valence-electron chi connectivity index (χ0n) is 14.3. The van der Waals surface area contributed by atoms with Gasteiger partial charge in [-0.25, -0.2) is 4.79 Å². The Labute approximate surface area is 147 Å². The Balaban J connectivity index is 1.55. The molecule has 0 spiro atoms. The van der Waals surface area contributed by atoms with Crippen molar-refractivity contribution in [3.8, 4) is 0 Å². The molecule has 0 unspecified atom stereocenters. The number of amides is 1. The normalized spacial score (nSPS) is 15.0. The highest BCUT2D eigenvalue weighted by Gasteiger charge is 2.24. The van der Waals surface area contributed by atoms with E-state index in [9.17, 15) is 9.59 Å². The van der Waals surface area contributed by atoms with Gasteiger partial charge in [-0.05, 0) is 36.4 Å². The maximum absolute atomic E-state index is 12.6. The number of ether oxygens (including phenoxy) is 1. The number of hydrogen-bond donors (Lipinski definition) is 1. The van der Waals surface area contributed by atoms with Gasteiger partial charge in [0.05, 0.1) is 38.9 Å². The van der Waals surface area contributed by atoms with Crippen LogP contribution >= 0.6 is 0 Å². The molecule has 1 N–H and O–H groups in total. The minimum absolute atomic E-state index is 0.0133. The molecule has 1 saturated heterocycles. The molecule has 0 saturated carbocycles. The smallest absolute Gasteiger partial charge is 0.337 e. The Morgan fingerprint density at radius 2 is 1.64 bits per heavy atom. The summed E-state index contributed by atoms with van der Waals surface area (Å²) >= 11 is 0. The average Bonchev–Trinajstić information content (AvgIpc) is 2.68. The van der Waals surface area contributed by atoms with Gasteiger partial charge >= 0.3 is 5.97 Å². The van der Waals surface area contributed by atoms with E-state index in [0.717, 1.165) is 32.7 Å². The second-order valence-corrected chi connectivity index (χ2v) is 6.14. The molecule has 1 aromatic carbocycles. The van der Waals surface area contributed by atoms with Gasteiger partial charge in [-0.1, -0.05) is 0 Å². The number of methoxy groups -OCH3 is 1. The Kier molecular flexibility index (Phi) is 5.40. The van der Waals surface area contributed by atoms with Gasteiger partial charge in [0, 0.05) is 23.5 Å². The fraction of sp³-hybridized carbons (Fsp3) is 0.316. The van der Waals surface area contributed by atoms with Gasteiger partial charge in [-0.15, -0.1) is 0 Å². The third-order valence-corrected chi connectivity index (χ3v) is 4.51. The lowest BCUT2D eigenvalue weighted by Crippen LogP contribution is -3.13. The Bertz CT molecular complexity index is 723. The largest absolute Gasteiger partial charge is 0.465 e. The lowest BCUT2D eigenvalue weighted by Gasteiger charge is -2.32. The minimum atomic E-state index is -0.396. The lowest BCUT2D eigenvalue weighted by atomic mass is 10.1. The van der Waals surface area contributed by atoms with Gasteiger partial charge in [0.2, 0.25) is 0 Å². The van der Waals surface area contributed by atoms with Crippen LogP contribution in [-0.2, 0) is 11.3 Å².